The van der Waals surface area contributed by atoms with Crippen molar-refractivity contribution in [3.8, 4) is 0 Å². The molecule has 3 heterocycles. The van der Waals surface area contributed by atoms with Crippen molar-refractivity contribution in [1.29, 1.82) is 0 Å². The van der Waals surface area contributed by atoms with E-state index in [-0.39, 0.29) is 18.2 Å². The van der Waals surface area contributed by atoms with Crippen LogP contribution in [0.25, 0.3) is 10.9 Å². The van der Waals surface area contributed by atoms with Crippen LogP contribution in [-0.2, 0) is 4.74 Å². The van der Waals surface area contributed by atoms with Gasteiger partial charge in [-0.3, -0.25) is 14.9 Å². The fourth-order valence-corrected chi connectivity index (χ4v) is 4.70. The van der Waals surface area contributed by atoms with Crippen molar-refractivity contribution >= 4 is 46.0 Å². The van der Waals surface area contributed by atoms with Crippen molar-refractivity contribution in [2.24, 2.45) is 0 Å². The number of nitrogens with zero attached hydrogens (tertiary/aromatic N) is 5. The Hall–Kier alpha value is -3.71. The summed E-state index contributed by atoms with van der Waals surface area (Å²) < 4.78 is 14.6. The Morgan fingerprint density at radius 2 is 1.92 bits per heavy atom. The van der Waals surface area contributed by atoms with E-state index in [2.05, 4.69) is 26.3 Å². The van der Waals surface area contributed by atoms with E-state index in [0.717, 1.165) is 35.8 Å². The zero-order valence-electron chi connectivity index (χ0n) is 20.3. The van der Waals surface area contributed by atoms with Crippen LogP contribution in [0.4, 0.5) is 11.5 Å². The molecular formula is C23H30N8O4S. The van der Waals surface area contributed by atoms with Gasteiger partial charge in [0.05, 0.1) is 22.9 Å². The largest absolute Gasteiger partial charge is 0.446 e. The first-order chi connectivity index (χ1) is 17.5. The van der Waals surface area contributed by atoms with Crippen LogP contribution in [0.15, 0.2) is 29.1 Å². The third-order valence-electron chi connectivity index (χ3n) is 6.04. The quantitative estimate of drug-likeness (QED) is 0.164. The van der Waals surface area contributed by atoms with Crippen LogP contribution in [0, 0.1) is 0 Å². The second-order valence-corrected chi connectivity index (χ2v) is 8.90. The third-order valence-corrected chi connectivity index (χ3v) is 6.57. The predicted molar refractivity (Wildman–Crippen MR) is 139 cm³/mol. The van der Waals surface area contributed by atoms with Crippen LogP contribution < -0.4 is 26.9 Å². The van der Waals surface area contributed by atoms with E-state index < -0.39 is 11.5 Å². The Bertz CT molecular complexity index is 1300. The van der Waals surface area contributed by atoms with Crippen molar-refractivity contribution in [3.63, 3.8) is 0 Å². The number of fused-ring (bicyclic) bond motifs is 1. The number of nitrogens with one attached hydrogen (secondary N) is 2. The van der Waals surface area contributed by atoms with Crippen LogP contribution in [0.1, 0.15) is 40.6 Å². The third kappa shape index (κ3) is 4.97. The Labute approximate surface area is 212 Å². The van der Waals surface area contributed by atoms with E-state index in [1.54, 1.807) is 24.1 Å². The number of piperazine rings is 1. The first kappa shape index (κ1) is 25.4. The highest BCUT2D eigenvalue weighted by Gasteiger charge is 2.31. The first-order valence-electron chi connectivity index (χ1n) is 11.8. The number of para-hydroxylation sites is 1. The fraction of sp³-hybridized carbons (Fsp3) is 0.435. The van der Waals surface area contributed by atoms with E-state index in [0.29, 0.717) is 54.3 Å². The summed E-state index contributed by atoms with van der Waals surface area (Å²) in [6, 6.07) is 7.14. The second kappa shape index (κ2) is 11.4. The van der Waals surface area contributed by atoms with Crippen LogP contribution in [0.3, 0.4) is 0 Å². The molecule has 0 spiro atoms. The number of unbranched alkanes of at least 4 members (excludes halogenated alkanes) is 1. The molecule has 0 radical (unpaired) electrons. The average molecular weight is 515 g/mol. The standard InChI is InChI=1S/C23H30N8O4S/c1-3-4-9-26-20-18(27-36-28-20)22(33)30-12-10-29(11-13-30)19-15-7-5-6-8-16(15)31(24)21(32)17(19)23(34)35-14-25-2/h5-8,25H,3-4,9-14,24H2,1-2H3,(H,26,28). The fourth-order valence-electron chi connectivity index (χ4n) is 4.18. The molecule has 0 unspecified atom stereocenters. The number of esters is 1. The predicted octanol–water partition coefficient (Wildman–Crippen LogP) is 1.07. The van der Waals surface area contributed by atoms with Gasteiger partial charge in [-0.1, -0.05) is 31.5 Å². The molecule has 192 valence electrons. The number of anilines is 2. The maximum atomic E-state index is 13.2. The number of hydrogen-bond acceptors (Lipinski definition) is 11. The molecule has 13 heteroatoms. The number of rotatable bonds is 9. The summed E-state index contributed by atoms with van der Waals surface area (Å²) in [6.45, 7) is 4.36. The van der Waals surface area contributed by atoms with Gasteiger partial charge in [-0.25, -0.2) is 9.47 Å². The number of ether oxygens (including phenoxy) is 1. The number of amides is 1. The number of benzene rings is 1. The molecule has 1 aromatic carbocycles. The summed E-state index contributed by atoms with van der Waals surface area (Å²) in [6.07, 6.45) is 2.00. The molecule has 0 saturated carbocycles. The Kier molecular flexibility index (Phi) is 8.00. The second-order valence-electron chi connectivity index (χ2n) is 8.37. The number of nitrogens with two attached hydrogens (primary N) is 1. The molecule has 1 aliphatic rings. The first-order valence-corrected chi connectivity index (χ1v) is 12.6. The zero-order chi connectivity index (χ0) is 25.7. The summed E-state index contributed by atoms with van der Waals surface area (Å²) in [5, 5.41) is 6.58. The minimum atomic E-state index is -0.760. The molecule has 0 bridgehead atoms. The van der Waals surface area contributed by atoms with Crippen LogP contribution in [0.5, 0.6) is 0 Å². The molecule has 0 aliphatic carbocycles. The van der Waals surface area contributed by atoms with Crippen molar-refractivity contribution in [2.45, 2.75) is 19.8 Å². The minimum absolute atomic E-state index is 0.0479. The van der Waals surface area contributed by atoms with E-state index in [1.165, 1.54) is 0 Å². The lowest BCUT2D eigenvalue weighted by atomic mass is 10.1. The van der Waals surface area contributed by atoms with E-state index in [4.69, 9.17) is 10.6 Å². The van der Waals surface area contributed by atoms with Gasteiger partial charge in [-0.05, 0) is 19.5 Å². The average Bonchev–Trinajstić information content (AvgIpc) is 3.37. The number of nitrogen functional groups attached to an aromatic ring is 1. The SMILES string of the molecule is CCCCNc1nsnc1C(=O)N1CCN(c2c(C(=O)OCNC)c(=O)n(N)c3ccccc23)CC1. The molecule has 0 atom stereocenters. The Balaban J connectivity index is 1.60. The molecule has 1 aliphatic heterocycles. The van der Waals surface area contributed by atoms with E-state index >= 15 is 0 Å². The molecule has 36 heavy (non-hydrogen) atoms. The van der Waals surface area contributed by atoms with Gasteiger partial charge >= 0.3 is 5.97 Å². The van der Waals surface area contributed by atoms with E-state index in [1.807, 2.05) is 17.0 Å². The summed E-state index contributed by atoms with van der Waals surface area (Å²) in [5.41, 5.74) is 0.509. The topological polar surface area (TPSA) is 148 Å². The Morgan fingerprint density at radius 3 is 2.64 bits per heavy atom. The normalized spacial score (nSPS) is 13.7. The zero-order valence-corrected chi connectivity index (χ0v) is 21.1. The lowest BCUT2D eigenvalue weighted by Gasteiger charge is -2.37. The number of hydrogen-bond donors (Lipinski definition) is 3. The minimum Gasteiger partial charge on any atom is -0.446 e. The van der Waals surface area contributed by atoms with Gasteiger partial charge in [0.15, 0.2) is 17.1 Å². The molecule has 1 fully saturated rings. The molecule has 4 N–H and O–H groups in total. The Morgan fingerprint density at radius 1 is 1.17 bits per heavy atom. The molecule has 2 aromatic heterocycles. The van der Waals surface area contributed by atoms with Gasteiger partial charge < -0.3 is 25.7 Å². The van der Waals surface area contributed by atoms with Gasteiger partial charge in [0.1, 0.15) is 6.73 Å². The van der Waals surface area contributed by atoms with Crippen LogP contribution in [0.2, 0.25) is 0 Å². The highest BCUT2D eigenvalue weighted by molar-refractivity contribution is 6.99. The van der Waals surface area contributed by atoms with Crippen molar-refractivity contribution < 1.29 is 14.3 Å². The van der Waals surface area contributed by atoms with Crippen LogP contribution in [-0.4, -0.2) is 76.7 Å². The van der Waals surface area contributed by atoms with Gasteiger partial charge in [0, 0.05) is 38.1 Å². The van der Waals surface area contributed by atoms with Crippen LogP contribution >= 0.6 is 11.7 Å². The summed E-state index contributed by atoms with van der Waals surface area (Å²) in [4.78, 5) is 42.9. The number of carbonyl (C=O) groups excluding carboxylic acids is 2. The molecule has 12 nitrogen and oxygen atoms in total. The highest BCUT2D eigenvalue weighted by atomic mass is 32.1. The number of aromatic nitrogens is 3. The summed E-state index contributed by atoms with van der Waals surface area (Å²) in [7, 11) is 1.63. The smallest absolute Gasteiger partial charge is 0.347 e. The van der Waals surface area contributed by atoms with Crippen molar-refractivity contribution in [2.75, 3.05) is 62.6 Å². The monoisotopic (exact) mass is 514 g/mol. The molecule has 3 aromatic rings. The molecule has 1 saturated heterocycles. The maximum absolute atomic E-state index is 13.2. The summed E-state index contributed by atoms with van der Waals surface area (Å²) in [5.74, 6) is 5.60. The number of carbonyl (C=O) groups is 2. The van der Waals surface area contributed by atoms with Gasteiger partial charge in [-0.2, -0.15) is 8.75 Å². The van der Waals surface area contributed by atoms with Gasteiger partial charge in [-0.15, -0.1) is 0 Å². The van der Waals surface area contributed by atoms with Crippen molar-refractivity contribution in [3.05, 3.63) is 45.9 Å². The maximum Gasteiger partial charge on any atom is 0.347 e. The molecule has 4 rings (SSSR count). The van der Waals surface area contributed by atoms with E-state index in [9.17, 15) is 14.4 Å². The molecule has 1 amide bonds. The lowest BCUT2D eigenvalue weighted by molar-refractivity contribution is 0.0479. The lowest BCUT2D eigenvalue weighted by Crippen LogP contribution is -2.50. The van der Waals surface area contributed by atoms with Crippen molar-refractivity contribution in [1.82, 2.24) is 23.6 Å². The highest BCUT2D eigenvalue weighted by Crippen LogP contribution is 2.30. The molecular weight excluding hydrogens is 484 g/mol. The van der Waals surface area contributed by atoms with Gasteiger partial charge in [0.25, 0.3) is 11.5 Å². The summed E-state index contributed by atoms with van der Waals surface area (Å²) >= 11 is 1.00. The number of pyridine rings is 1. The van der Waals surface area contributed by atoms with Gasteiger partial charge in [0.2, 0.25) is 0 Å².